The molecule has 0 saturated heterocycles. The van der Waals surface area contributed by atoms with E-state index in [0.717, 1.165) is 6.42 Å². The number of nitrogens with one attached hydrogen (secondary N) is 1. The number of carbonyl (C=O) groups is 2. The zero-order chi connectivity index (χ0) is 11.2. The lowest BCUT2D eigenvalue weighted by molar-refractivity contribution is -0.884. The van der Waals surface area contributed by atoms with E-state index in [9.17, 15) is 14.7 Å². The molecule has 0 bridgehead atoms. The van der Waals surface area contributed by atoms with Crippen molar-refractivity contribution in [3.8, 4) is 0 Å². The normalized spacial score (nSPS) is 11.1. The highest BCUT2D eigenvalue weighted by Crippen LogP contribution is 1.97. The van der Waals surface area contributed by atoms with Gasteiger partial charge in [0.05, 0.1) is 26.6 Å². The number of aliphatic carboxylic acids is 1. The second-order valence-electron chi connectivity index (χ2n) is 4.03. The maximum atomic E-state index is 10.5. The van der Waals surface area contributed by atoms with Crippen LogP contribution in [0.5, 0.6) is 0 Å². The minimum Gasteiger partial charge on any atom is -0.544 e. The lowest BCUT2D eigenvalue weighted by atomic mass is 10.3. The van der Waals surface area contributed by atoms with Crippen molar-refractivity contribution in [3.05, 3.63) is 0 Å². The molecule has 0 aliphatic heterocycles. The van der Waals surface area contributed by atoms with Crippen molar-refractivity contribution >= 4 is 11.9 Å². The maximum absolute atomic E-state index is 10.5. The quantitative estimate of drug-likeness (QED) is 0.414. The van der Waals surface area contributed by atoms with Crippen molar-refractivity contribution < 1.29 is 19.2 Å². The minimum atomic E-state index is -1.05. The first-order chi connectivity index (χ1) is 6.33. The number of carboxylic acid groups (broad SMARTS) is 1. The number of rotatable bonds is 6. The molecule has 14 heavy (non-hydrogen) atoms. The highest BCUT2D eigenvalue weighted by Gasteiger charge is 2.14. The monoisotopic (exact) mass is 202 g/mol. The molecule has 1 amide bonds. The maximum Gasteiger partial charge on any atom is 0.216 e. The van der Waals surface area contributed by atoms with Gasteiger partial charge in [-0.2, -0.15) is 0 Å². The Morgan fingerprint density at radius 3 is 2.36 bits per heavy atom. The molecule has 0 atom stereocenters. The van der Waals surface area contributed by atoms with E-state index >= 15 is 0 Å². The standard InChI is InChI=1S/C9H18N2O3/c1-8(12)10-5-4-6-11(2,3)7-9(13)14/h4-7H2,1-3H3,(H-,10,12,13,14). The van der Waals surface area contributed by atoms with E-state index in [1.54, 1.807) is 0 Å². The summed E-state index contributed by atoms with van der Waals surface area (Å²) < 4.78 is 0.377. The van der Waals surface area contributed by atoms with Gasteiger partial charge in [0.1, 0.15) is 6.54 Å². The zero-order valence-electron chi connectivity index (χ0n) is 9.00. The number of carboxylic acids is 1. The molecule has 82 valence electrons. The molecule has 0 saturated carbocycles. The first-order valence-electron chi connectivity index (χ1n) is 4.60. The van der Waals surface area contributed by atoms with Gasteiger partial charge in [-0.15, -0.1) is 0 Å². The second kappa shape index (κ2) is 5.59. The van der Waals surface area contributed by atoms with Crippen LogP contribution in [0.3, 0.4) is 0 Å². The number of likely N-dealkylation sites (N-methyl/N-ethyl adjacent to an activating group) is 1. The summed E-state index contributed by atoms with van der Waals surface area (Å²) in [6.07, 6.45) is 0.764. The zero-order valence-corrected chi connectivity index (χ0v) is 9.00. The van der Waals surface area contributed by atoms with Crippen LogP contribution in [0.4, 0.5) is 0 Å². The van der Waals surface area contributed by atoms with Crippen molar-refractivity contribution in [2.75, 3.05) is 33.7 Å². The van der Waals surface area contributed by atoms with E-state index in [1.165, 1.54) is 6.92 Å². The predicted molar refractivity (Wildman–Crippen MR) is 50.2 cm³/mol. The summed E-state index contributed by atoms with van der Waals surface area (Å²) in [5.74, 6) is -1.11. The van der Waals surface area contributed by atoms with Crippen LogP contribution in [0.1, 0.15) is 13.3 Å². The fourth-order valence-corrected chi connectivity index (χ4v) is 1.20. The molecular weight excluding hydrogens is 184 g/mol. The van der Waals surface area contributed by atoms with Crippen molar-refractivity contribution in [1.82, 2.24) is 5.32 Å². The Labute approximate surface area is 84.3 Å². The summed E-state index contributed by atoms with van der Waals surface area (Å²) in [6, 6.07) is 0. The summed E-state index contributed by atoms with van der Waals surface area (Å²) in [5.41, 5.74) is 0. The van der Waals surface area contributed by atoms with Crippen LogP contribution in [-0.2, 0) is 9.59 Å². The Balaban J connectivity index is 3.65. The number of carbonyl (C=O) groups excluding carboxylic acids is 2. The summed E-state index contributed by atoms with van der Waals surface area (Å²) in [4.78, 5) is 20.9. The second-order valence-corrected chi connectivity index (χ2v) is 4.03. The largest absolute Gasteiger partial charge is 0.544 e. The van der Waals surface area contributed by atoms with Gasteiger partial charge in [0.15, 0.2) is 0 Å². The molecule has 0 radical (unpaired) electrons. The molecule has 0 aromatic rings. The van der Waals surface area contributed by atoms with E-state index in [4.69, 9.17) is 0 Å². The van der Waals surface area contributed by atoms with Crippen LogP contribution in [0, 0.1) is 0 Å². The average Bonchev–Trinajstić information content (AvgIpc) is 1.95. The number of quaternary nitrogens is 1. The Morgan fingerprint density at radius 1 is 1.36 bits per heavy atom. The van der Waals surface area contributed by atoms with Crippen LogP contribution in [0.2, 0.25) is 0 Å². The van der Waals surface area contributed by atoms with Gasteiger partial charge in [-0.3, -0.25) is 4.79 Å². The lowest BCUT2D eigenvalue weighted by Gasteiger charge is -2.30. The molecule has 0 rings (SSSR count). The van der Waals surface area contributed by atoms with Gasteiger partial charge in [0.2, 0.25) is 5.91 Å². The molecule has 0 aliphatic carbocycles. The summed E-state index contributed by atoms with van der Waals surface area (Å²) >= 11 is 0. The molecular formula is C9H18N2O3. The molecule has 0 unspecified atom stereocenters. The van der Waals surface area contributed by atoms with E-state index in [1.807, 2.05) is 14.1 Å². The number of amides is 1. The Kier molecular flexibility index (Phi) is 5.15. The number of hydrogen-bond acceptors (Lipinski definition) is 3. The van der Waals surface area contributed by atoms with Gasteiger partial charge in [-0.05, 0) is 0 Å². The third kappa shape index (κ3) is 7.54. The smallest absolute Gasteiger partial charge is 0.216 e. The van der Waals surface area contributed by atoms with Crippen molar-refractivity contribution in [1.29, 1.82) is 0 Å². The van der Waals surface area contributed by atoms with Crippen LogP contribution < -0.4 is 10.4 Å². The summed E-state index contributed by atoms with van der Waals surface area (Å²) in [6.45, 7) is 2.75. The predicted octanol–water partition coefficient (Wildman–Crippen LogP) is -1.66. The van der Waals surface area contributed by atoms with Gasteiger partial charge in [-0.25, -0.2) is 0 Å². The highest BCUT2D eigenvalue weighted by molar-refractivity contribution is 5.72. The topological polar surface area (TPSA) is 69.2 Å². The third-order valence-corrected chi connectivity index (χ3v) is 1.87. The van der Waals surface area contributed by atoms with Gasteiger partial charge in [0, 0.05) is 19.9 Å². The molecule has 0 aromatic heterocycles. The summed E-state index contributed by atoms with van der Waals surface area (Å²) in [7, 11) is 3.65. The molecule has 1 N–H and O–H groups in total. The van der Waals surface area contributed by atoms with Crippen LogP contribution >= 0.6 is 0 Å². The van der Waals surface area contributed by atoms with Gasteiger partial charge < -0.3 is 19.7 Å². The molecule has 5 nitrogen and oxygen atoms in total. The van der Waals surface area contributed by atoms with E-state index in [-0.39, 0.29) is 12.5 Å². The average molecular weight is 202 g/mol. The molecule has 0 aromatic carbocycles. The fourth-order valence-electron chi connectivity index (χ4n) is 1.20. The molecule has 0 fully saturated rings. The van der Waals surface area contributed by atoms with E-state index in [0.29, 0.717) is 17.6 Å². The van der Waals surface area contributed by atoms with Crippen LogP contribution in [0.15, 0.2) is 0 Å². The number of nitrogens with zero attached hydrogens (tertiary/aromatic N) is 1. The van der Waals surface area contributed by atoms with Crippen LogP contribution in [-0.4, -0.2) is 50.1 Å². The van der Waals surface area contributed by atoms with Crippen LogP contribution in [0.25, 0.3) is 0 Å². The Bertz CT molecular complexity index is 214. The highest BCUT2D eigenvalue weighted by atomic mass is 16.4. The van der Waals surface area contributed by atoms with Crippen molar-refractivity contribution in [2.45, 2.75) is 13.3 Å². The van der Waals surface area contributed by atoms with Crippen molar-refractivity contribution in [3.63, 3.8) is 0 Å². The Morgan fingerprint density at radius 2 is 1.93 bits per heavy atom. The SMILES string of the molecule is CC(=O)NCCC[N+](C)(C)CC(=O)[O-]. The Hall–Kier alpha value is -1.10. The number of hydrogen-bond donors (Lipinski definition) is 1. The van der Waals surface area contributed by atoms with E-state index < -0.39 is 5.97 Å². The molecule has 0 spiro atoms. The summed E-state index contributed by atoms with van der Waals surface area (Å²) in [5, 5.41) is 13.0. The van der Waals surface area contributed by atoms with Gasteiger partial charge in [-0.1, -0.05) is 0 Å². The van der Waals surface area contributed by atoms with Crippen molar-refractivity contribution in [2.24, 2.45) is 0 Å². The lowest BCUT2D eigenvalue weighted by Crippen LogP contribution is -2.49. The van der Waals surface area contributed by atoms with Gasteiger partial charge in [0.25, 0.3) is 0 Å². The molecule has 5 heteroatoms. The molecule has 0 heterocycles. The third-order valence-electron chi connectivity index (χ3n) is 1.87. The van der Waals surface area contributed by atoms with Gasteiger partial charge >= 0.3 is 0 Å². The fraction of sp³-hybridized carbons (Fsp3) is 0.778. The first kappa shape index (κ1) is 12.9. The first-order valence-corrected chi connectivity index (χ1v) is 4.60. The molecule has 0 aliphatic rings. The minimum absolute atomic E-state index is 0.0000709. The van der Waals surface area contributed by atoms with E-state index in [2.05, 4.69) is 5.32 Å².